The maximum Gasteiger partial charge on any atom is 0.236 e. The molecule has 4 nitrogen and oxygen atoms in total. The Morgan fingerprint density at radius 1 is 1.29 bits per heavy atom. The molecule has 0 saturated heterocycles. The third-order valence-corrected chi connectivity index (χ3v) is 2.94. The maximum atomic E-state index is 5.56. The van der Waals surface area contributed by atoms with Crippen LogP contribution in [0.25, 0.3) is 0 Å². The Morgan fingerprint density at radius 2 is 2.12 bits per heavy atom. The summed E-state index contributed by atoms with van der Waals surface area (Å²) in [7, 11) is 0. The zero-order chi connectivity index (χ0) is 11.9. The van der Waals surface area contributed by atoms with Crippen LogP contribution in [0.4, 0.5) is 0 Å². The molecule has 1 aromatic carbocycles. The number of benzene rings is 1. The van der Waals surface area contributed by atoms with Crippen LogP contribution in [0, 0.1) is 6.92 Å². The number of ether oxygens (including phenoxy) is 1. The van der Waals surface area contributed by atoms with Gasteiger partial charge in [0.1, 0.15) is 5.75 Å². The second kappa shape index (κ2) is 6.30. The van der Waals surface area contributed by atoms with Crippen molar-refractivity contribution in [3.8, 4) is 5.75 Å². The minimum absolute atomic E-state index is 0.673. The summed E-state index contributed by atoms with van der Waals surface area (Å²) in [5, 5.41) is 3.73. The third-order valence-electron chi connectivity index (χ3n) is 2.03. The van der Waals surface area contributed by atoms with Gasteiger partial charge in [0.25, 0.3) is 0 Å². The second-order valence-electron chi connectivity index (χ2n) is 3.45. The smallest absolute Gasteiger partial charge is 0.236 e. The van der Waals surface area contributed by atoms with Gasteiger partial charge >= 0.3 is 0 Å². The van der Waals surface area contributed by atoms with Gasteiger partial charge in [0.05, 0.1) is 12.4 Å². The van der Waals surface area contributed by atoms with E-state index in [2.05, 4.69) is 10.1 Å². The Bertz CT molecular complexity index is 445. The standard InChI is InChI=1S/C12H14N2O2S/c1-10-13-12(16-14-10)9-17-8-7-15-11-5-3-2-4-6-11/h2-6H,7-9H2,1H3. The van der Waals surface area contributed by atoms with E-state index >= 15 is 0 Å². The molecule has 5 heteroatoms. The van der Waals surface area contributed by atoms with Gasteiger partial charge < -0.3 is 9.26 Å². The Labute approximate surface area is 104 Å². The topological polar surface area (TPSA) is 48.2 Å². The van der Waals surface area contributed by atoms with E-state index in [1.165, 1.54) is 0 Å². The van der Waals surface area contributed by atoms with Crippen molar-refractivity contribution in [3.63, 3.8) is 0 Å². The van der Waals surface area contributed by atoms with Gasteiger partial charge in [-0.25, -0.2) is 0 Å². The molecule has 1 aromatic heterocycles. The summed E-state index contributed by atoms with van der Waals surface area (Å²) in [6.45, 7) is 2.50. The van der Waals surface area contributed by atoms with Crippen molar-refractivity contribution in [3.05, 3.63) is 42.0 Å². The first-order valence-corrected chi connectivity index (χ1v) is 6.55. The largest absolute Gasteiger partial charge is 0.493 e. The summed E-state index contributed by atoms with van der Waals surface area (Å²) in [5.41, 5.74) is 0. The Morgan fingerprint density at radius 3 is 2.82 bits per heavy atom. The fourth-order valence-electron chi connectivity index (χ4n) is 1.29. The molecule has 0 amide bonds. The van der Waals surface area contributed by atoms with Crippen LogP contribution in [0.2, 0.25) is 0 Å². The zero-order valence-corrected chi connectivity index (χ0v) is 10.4. The van der Waals surface area contributed by atoms with Crippen LogP contribution in [0.15, 0.2) is 34.9 Å². The van der Waals surface area contributed by atoms with Gasteiger partial charge in [-0.05, 0) is 19.1 Å². The Balaban J connectivity index is 1.61. The lowest BCUT2D eigenvalue weighted by Gasteiger charge is -2.04. The minimum atomic E-state index is 0.673. The van der Waals surface area contributed by atoms with E-state index in [9.17, 15) is 0 Å². The van der Waals surface area contributed by atoms with E-state index in [-0.39, 0.29) is 0 Å². The fourth-order valence-corrected chi connectivity index (χ4v) is 1.93. The molecule has 2 rings (SSSR count). The molecular formula is C12H14N2O2S. The highest BCUT2D eigenvalue weighted by molar-refractivity contribution is 7.98. The molecular weight excluding hydrogens is 236 g/mol. The minimum Gasteiger partial charge on any atom is -0.493 e. The van der Waals surface area contributed by atoms with Crippen LogP contribution in [0.1, 0.15) is 11.7 Å². The van der Waals surface area contributed by atoms with Crippen molar-refractivity contribution < 1.29 is 9.26 Å². The van der Waals surface area contributed by atoms with Crippen LogP contribution in [-0.2, 0) is 5.75 Å². The molecule has 90 valence electrons. The average molecular weight is 250 g/mol. The van der Waals surface area contributed by atoms with Crippen molar-refractivity contribution in [2.75, 3.05) is 12.4 Å². The van der Waals surface area contributed by atoms with Crippen molar-refractivity contribution in [1.29, 1.82) is 0 Å². The molecule has 0 fully saturated rings. The predicted octanol–water partition coefficient (Wildman–Crippen LogP) is 2.69. The summed E-state index contributed by atoms with van der Waals surface area (Å²) < 4.78 is 10.6. The van der Waals surface area contributed by atoms with Crippen LogP contribution in [0.3, 0.4) is 0 Å². The normalized spacial score (nSPS) is 10.4. The number of rotatable bonds is 6. The SMILES string of the molecule is Cc1noc(CSCCOc2ccccc2)n1. The number of aryl methyl sites for hydroxylation is 1. The van der Waals surface area contributed by atoms with Gasteiger partial charge in [0.15, 0.2) is 5.82 Å². The number of thioether (sulfide) groups is 1. The fraction of sp³-hybridized carbons (Fsp3) is 0.333. The Kier molecular flexibility index (Phi) is 4.44. The van der Waals surface area contributed by atoms with E-state index in [0.717, 1.165) is 17.3 Å². The molecule has 0 bridgehead atoms. The molecule has 0 radical (unpaired) electrons. The molecule has 0 spiro atoms. The summed E-state index contributed by atoms with van der Waals surface area (Å²) in [6, 6.07) is 9.80. The van der Waals surface area contributed by atoms with Gasteiger partial charge in [-0.15, -0.1) is 11.8 Å². The number of para-hydroxylation sites is 1. The highest BCUT2D eigenvalue weighted by atomic mass is 32.2. The lowest BCUT2D eigenvalue weighted by molar-refractivity contribution is 0.343. The third kappa shape index (κ3) is 4.11. The van der Waals surface area contributed by atoms with Crippen LogP contribution < -0.4 is 4.74 Å². The lowest BCUT2D eigenvalue weighted by atomic mass is 10.3. The molecule has 0 aliphatic heterocycles. The van der Waals surface area contributed by atoms with E-state index in [1.807, 2.05) is 37.3 Å². The second-order valence-corrected chi connectivity index (χ2v) is 4.55. The number of aromatic nitrogens is 2. The molecule has 0 N–H and O–H groups in total. The summed E-state index contributed by atoms with van der Waals surface area (Å²) in [4.78, 5) is 4.13. The molecule has 2 aromatic rings. The lowest BCUT2D eigenvalue weighted by Crippen LogP contribution is -2.00. The highest BCUT2D eigenvalue weighted by Gasteiger charge is 2.02. The molecule has 0 aliphatic rings. The van der Waals surface area contributed by atoms with Gasteiger partial charge in [0.2, 0.25) is 5.89 Å². The molecule has 0 aliphatic carbocycles. The first-order valence-electron chi connectivity index (χ1n) is 5.39. The number of hydrogen-bond acceptors (Lipinski definition) is 5. The van der Waals surface area contributed by atoms with Gasteiger partial charge in [-0.1, -0.05) is 23.4 Å². The van der Waals surface area contributed by atoms with Crippen LogP contribution in [0.5, 0.6) is 5.75 Å². The van der Waals surface area contributed by atoms with E-state index in [1.54, 1.807) is 11.8 Å². The summed E-state index contributed by atoms with van der Waals surface area (Å²) in [6.07, 6.45) is 0. The van der Waals surface area contributed by atoms with E-state index < -0.39 is 0 Å². The average Bonchev–Trinajstić information content (AvgIpc) is 2.76. The molecule has 1 heterocycles. The molecule has 0 atom stereocenters. The van der Waals surface area contributed by atoms with E-state index in [0.29, 0.717) is 18.3 Å². The molecule has 0 unspecified atom stereocenters. The predicted molar refractivity (Wildman–Crippen MR) is 67.1 cm³/mol. The van der Waals surface area contributed by atoms with Crippen LogP contribution >= 0.6 is 11.8 Å². The molecule has 17 heavy (non-hydrogen) atoms. The summed E-state index contributed by atoms with van der Waals surface area (Å²) in [5.74, 6) is 3.89. The first-order chi connectivity index (χ1) is 8.34. The first kappa shape index (κ1) is 12.0. The number of hydrogen-bond donors (Lipinski definition) is 0. The van der Waals surface area contributed by atoms with Crippen molar-refractivity contribution in [2.45, 2.75) is 12.7 Å². The zero-order valence-electron chi connectivity index (χ0n) is 9.63. The van der Waals surface area contributed by atoms with Crippen molar-refractivity contribution in [1.82, 2.24) is 10.1 Å². The quantitative estimate of drug-likeness (QED) is 0.738. The highest BCUT2D eigenvalue weighted by Crippen LogP contribution is 2.12. The number of nitrogens with zero attached hydrogens (tertiary/aromatic N) is 2. The van der Waals surface area contributed by atoms with Gasteiger partial charge in [0, 0.05) is 5.75 Å². The van der Waals surface area contributed by atoms with Gasteiger partial charge in [-0.2, -0.15) is 4.98 Å². The van der Waals surface area contributed by atoms with Crippen molar-refractivity contribution in [2.24, 2.45) is 0 Å². The van der Waals surface area contributed by atoms with E-state index in [4.69, 9.17) is 9.26 Å². The van der Waals surface area contributed by atoms with Crippen molar-refractivity contribution >= 4 is 11.8 Å². The maximum absolute atomic E-state index is 5.56. The van der Waals surface area contributed by atoms with Gasteiger partial charge in [-0.3, -0.25) is 0 Å². The Hall–Kier alpha value is -1.49. The molecule has 0 saturated carbocycles. The summed E-state index contributed by atoms with van der Waals surface area (Å²) >= 11 is 1.72. The van der Waals surface area contributed by atoms with Crippen LogP contribution in [-0.4, -0.2) is 22.5 Å². The monoisotopic (exact) mass is 250 g/mol.